The van der Waals surface area contributed by atoms with Crippen LogP contribution in [0, 0.1) is 11.6 Å². The van der Waals surface area contributed by atoms with Crippen molar-refractivity contribution in [1.82, 2.24) is 20.0 Å². The highest BCUT2D eigenvalue weighted by atomic mass is 32.1. The van der Waals surface area contributed by atoms with Crippen molar-refractivity contribution >= 4 is 34.5 Å². The lowest BCUT2D eigenvalue weighted by atomic mass is 10.2. The molecule has 0 aliphatic carbocycles. The zero-order valence-electron chi connectivity index (χ0n) is 17.1. The summed E-state index contributed by atoms with van der Waals surface area (Å²) in [6.07, 6.45) is 4.78. The van der Waals surface area contributed by atoms with Crippen LogP contribution in [-0.4, -0.2) is 58.3 Å². The van der Waals surface area contributed by atoms with Crippen LogP contribution in [0.15, 0.2) is 42.5 Å². The molecule has 11 heteroatoms. The number of halogens is 2. The van der Waals surface area contributed by atoms with Crippen LogP contribution >= 0.6 is 12.2 Å². The molecule has 1 aromatic heterocycles. The molecule has 1 aliphatic heterocycles. The van der Waals surface area contributed by atoms with Crippen LogP contribution in [0.1, 0.15) is 6.92 Å². The average Bonchev–Trinajstić information content (AvgIpc) is 3.23. The van der Waals surface area contributed by atoms with Crippen molar-refractivity contribution in [3.63, 3.8) is 0 Å². The Labute approximate surface area is 184 Å². The molecular formula is C20H25F2N7OS. The number of benzene rings is 1. The Bertz CT molecular complexity index is 933. The second-order valence-electron chi connectivity index (χ2n) is 7.13. The average molecular weight is 450 g/mol. The predicted molar refractivity (Wildman–Crippen MR) is 120 cm³/mol. The maximum absolute atomic E-state index is 14.7. The fourth-order valence-corrected chi connectivity index (χ4v) is 3.29. The Morgan fingerprint density at radius 3 is 2.52 bits per heavy atom. The van der Waals surface area contributed by atoms with Crippen molar-refractivity contribution in [3.05, 3.63) is 54.1 Å². The van der Waals surface area contributed by atoms with Gasteiger partial charge in [-0.05, 0) is 25.1 Å². The molecule has 1 amide bonds. The highest BCUT2D eigenvalue weighted by molar-refractivity contribution is 7.80. The van der Waals surface area contributed by atoms with Gasteiger partial charge in [0.2, 0.25) is 5.91 Å². The number of carbonyl (C=O) groups excluding carboxylic acids is 1. The van der Waals surface area contributed by atoms with E-state index in [0.29, 0.717) is 43.4 Å². The van der Waals surface area contributed by atoms with Gasteiger partial charge in [0.15, 0.2) is 11.6 Å². The maximum atomic E-state index is 14.7. The monoisotopic (exact) mass is 449 g/mol. The summed E-state index contributed by atoms with van der Waals surface area (Å²) >= 11 is 4.91. The third-order valence-corrected chi connectivity index (χ3v) is 4.93. The van der Waals surface area contributed by atoms with Crippen LogP contribution in [0.5, 0.6) is 0 Å². The lowest BCUT2D eigenvalue weighted by Crippen LogP contribution is -2.50. The Hall–Kier alpha value is -3.21. The number of hydrogen-bond donors (Lipinski definition) is 3. The molecule has 1 fully saturated rings. The Kier molecular flexibility index (Phi) is 7.40. The van der Waals surface area contributed by atoms with Gasteiger partial charge in [0, 0.05) is 56.2 Å². The van der Waals surface area contributed by atoms with E-state index in [4.69, 9.17) is 18.0 Å². The van der Waals surface area contributed by atoms with Crippen LogP contribution in [-0.2, 0) is 11.3 Å². The second kappa shape index (κ2) is 10.2. The quantitative estimate of drug-likeness (QED) is 0.554. The normalized spacial score (nSPS) is 14.5. The molecule has 1 aliphatic rings. The molecule has 1 aromatic carbocycles. The number of hydrogen-bond acceptors (Lipinski definition) is 6. The van der Waals surface area contributed by atoms with Gasteiger partial charge in [-0.1, -0.05) is 12.2 Å². The fourth-order valence-electron chi connectivity index (χ4n) is 3.22. The van der Waals surface area contributed by atoms with E-state index < -0.39 is 11.6 Å². The summed E-state index contributed by atoms with van der Waals surface area (Å²) in [6.45, 7) is 3.63. The van der Waals surface area contributed by atoms with E-state index in [0.717, 1.165) is 0 Å². The molecule has 166 valence electrons. The standard InChI is InChI=1S/C20H25F2N7OS/c1-14(31)24-11-15(23)12-25-16-9-17(21)20(18(22)10-16)28-7-5-27(6-8-28)19(30)13-29-4-2-3-26-29/h2-4,9-10,12,25H,5-8,11,13,23H2,1H3,(H,24,31)/b15-12-. The van der Waals surface area contributed by atoms with Gasteiger partial charge < -0.3 is 26.2 Å². The summed E-state index contributed by atoms with van der Waals surface area (Å²) in [6, 6.07) is 4.18. The Morgan fingerprint density at radius 2 is 1.94 bits per heavy atom. The minimum absolute atomic E-state index is 0.0773. The van der Waals surface area contributed by atoms with Gasteiger partial charge in [-0.15, -0.1) is 0 Å². The van der Waals surface area contributed by atoms with Crippen LogP contribution in [0.4, 0.5) is 20.2 Å². The van der Waals surface area contributed by atoms with E-state index in [1.165, 1.54) is 18.3 Å². The number of amides is 1. The molecule has 0 bridgehead atoms. The number of piperazine rings is 1. The SMILES string of the molecule is CC(=S)NC/C(N)=C/Nc1cc(F)c(N2CCN(C(=O)Cn3cccn3)CC2)c(F)c1. The van der Waals surface area contributed by atoms with Gasteiger partial charge in [-0.25, -0.2) is 8.78 Å². The van der Waals surface area contributed by atoms with Crippen LogP contribution in [0.2, 0.25) is 0 Å². The second-order valence-corrected chi connectivity index (χ2v) is 7.75. The first-order valence-electron chi connectivity index (χ1n) is 9.78. The number of nitrogens with two attached hydrogens (primary N) is 1. The molecule has 1 saturated heterocycles. The fraction of sp³-hybridized carbons (Fsp3) is 0.350. The summed E-state index contributed by atoms with van der Waals surface area (Å²) in [7, 11) is 0. The molecule has 0 saturated carbocycles. The number of anilines is 2. The molecule has 2 heterocycles. The largest absolute Gasteiger partial charge is 0.399 e. The molecule has 31 heavy (non-hydrogen) atoms. The van der Waals surface area contributed by atoms with Crippen molar-refractivity contribution < 1.29 is 13.6 Å². The number of rotatable bonds is 7. The van der Waals surface area contributed by atoms with E-state index in [-0.39, 0.29) is 23.8 Å². The van der Waals surface area contributed by atoms with E-state index in [1.807, 2.05) is 0 Å². The molecule has 0 spiro atoms. The summed E-state index contributed by atoms with van der Waals surface area (Å²) in [5.41, 5.74) is 6.40. The minimum Gasteiger partial charge on any atom is -0.399 e. The molecule has 2 aromatic rings. The van der Waals surface area contributed by atoms with Crippen molar-refractivity contribution in [2.75, 3.05) is 42.9 Å². The van der Waals surface area contributed by atoms with E-state index in [2.05, 4.69) is 15.7 Å². The van der Waals surface area contributed by atoms with Crippen LogP contribution < -0.4 is 21.3 Å². The maximum Gasteiger partial charge on any atom is 0.244 e. The molecule has 0 atom stereocenters. The van der Waals surface area contributed by atoms with Gasteiger partial charge in [0.1, 0.15) is 12.2 Å². The number of aromatic nitrogens is 2. The number of nitrogens with one attached hydrogen (secondary N) is 2. The van der Waals surface area contributed by atoms with Crippen molar-refractivity contribution in [1.29, 1.82) is 0 Å². The lowest BCUT2D eigenvalue weighted by Gasteiger charge is -2.36. The van der Waals surface area contributed by atoms with E-state index in [9.17, 15) is 13.6 Å². The van der Waals surface area contributed by atoms with Crippen LogP contribution in [0.3, 0.4) is 0 Å². The third kappa shape index (κ3) is 6.14. The minimum atomic E-state index is -0.682. The van der Waals surface area contributed by atoms with Gasteiger partial charge in [-0.2, -0.15) is 5.10 Å². The van der Waals surface area contributed by atoms with Crippen LogP contribution in [0.25, 0.3) is 0 Å². The summed E-state index contributed by atoms with van der Waals surface area (Å²) in [4.78, 5) is 16.2. The van der Waals surface area contributed by atoms with Crippen molar-refractivity contribution in [2.45, 2.75) is 13.5 Å². The summed E-state index contributed by atoms with van der Waals surface area (Å²) in [5.74, 6) is -1.44. The van der Waals surface area contributed by atoms with E-state index >= 15 is 0 Å². The smallest absolute Gasteiger partial charge is 0.244 e. The van der Waals surface area contributed by atoms with E-state index in [1.54, 1.807) is 39.9 Å². The Balaban J connectivity index is 1.59. The molecule has 0 radical (unpaired) electrons. The molecular weight excluding hydrogens is 424 g/mol. The summed E-state index contributed by atoms with van der Waals surface area (Å²) in [5, 5.41) is 9.70. The van der Waals surface area contributed by atoms with Gasteiger partial charge in [-0.3, -0.25) is 9.48 Å². The summed E-state index contributed by atoms with van der Waals surface area (Å²) < 4.78 is 30.9. The van der Waals surface area contributed by atoms with Crippen molar-refractivity contribution in [3.8, 4) is 0 Å². The first-order valence-corrected chi connectivity index (χ1v) is 10.2. The molecule has 4 N–H and O–H groups in total. The van der Waals surface area contributed by atoms with Gasteiger partial charge in [0.05, 0.1) is 11.5 Å². The lowest BCUT2D eigenvalue weighted by molar-refractivity contribution is -0.132. The number of carbonyl (C=O) groups is 1. The highest BCUT2D eigenvalue weighted by Crippen LogP contribution is 2.28. The van der Waals surface area contributed by atoms with Gasteiger partial charge >= 0.3 is 0 Å². The first-order chi connectivity index (χ1) is 14.8. The number of thiocarbonyl (C=S) groups is 1. The van der Waals surface area contributed by atoms with Gasteiger partial charge in [0.25, 0.3) is 0 Å². The zero-order valence-corrected chi connectivity index (χ0v) is 18.0. The topological polar surface area (TPSA) is 91.5 Å². The van der Waals surface area contributed by atoms with Crippen molar-refractivity contribution in [2.24, 2.45) is 5.73 Å². The number of nitrogens with zero attached hydrogens (tertiary/aromatic N) is 4. The predicted octanol–water partition coefficient (Wildman–Crippen LogP) is 1.66. The zero-order chi connectivity index (χ0) is 22.4. The first kappa shape index (κ1) is 22.5. The molecule has 8 nitrogen and oxygen atoms in total. The molecule has 0 unspecified atom stereocenters. The highest BCUT2D eigenvalue weighted by Gasteiger charge is 2.25. The molecule has 3 rings (SSSR count). The third-order valence-electron chi connectivity index (χ3n) is 4.79. The Morgan fingerprint density at radius 1 is 1.26 bits per heavy atom.